The molecule has 5 nitrogen and oxygen atoms in total. The Morgan fingerprint density at radius 1 is 1.44 bits per heavy atom. The van der Waals surface area contributed by atoms with E-state index >= 15 is 0 Å². The standard InChI is InChI=1S/C8H8Cl2N2O3S/c9-5-8(11)12-15-16(13,14)7-4-2-1-3-6(7)10/h1-4H,5H2,(H2,11,12). The number of halogens is 2. The van der Waals surface area contributed by atoms with Crippen LogP contribution in [-0.2, 0) is 14.4 Å². The lowest BCUT2D eigenvalue weighted by atomic mass is 10.4. The molecule has 0 unspecified atom stereocenters. The molecule has 0 radical (unpaired) electrons. The lowest BCUT2D eigenvalue weighted by molar-refractivity contribution is 0.338. The van der Waals surface area contributed by atoms with Crippen molar-refractivity contribution in [2.75, 3.05) is 5.88 Å². The normalized spacial score (nSPS) is 12.5. The average molecular weight is 283 g/mol. The maximum atomic E-state index is 11.6. The van der Waals surface area contributed by atoms with Crippen LogP contribution in [0.5, 0.6) is 0 Å². The van der Waals surface area contributed by atoms with Crippen LogP contribution in [0.2, 0.25) is 5.02 Å². The van der Waals surface area contributed by atoms with Gasteiger partial charge in [0.25, 0.3) is 0 Å². The van der Waals surface area contributed by atoms with Gasteiger partial charge in [-0.15, -0.1) is 11.6 Å². The van der Waals surface area contributed by atoms with Crippen LogP contribution in [0.3, 0.4) is 0 Å². The second-order valence-electron chi connectivity index (χ2n) is 2.68. The summed E-state index contributed by atoms with van der Waals surface area (Å²) in [6.45, 7) is 0. The topological polar surface area (TPSA) is 81.8 Å². The predicted molar refractivity (Wildman–Crippen MR) is 62.1 cm³/mol. The molecule has 0 heterocycles. The van der Waals surface area contributed by atoms with E-state index in [4.69, 9.17) is 28.9 Å². The molecular weight excluding hydrogens is 275 g/mol. The summed E-state index contributed by atoms with van der Waals surface area (Å²) >= 11 is 11.0. The van der Waals surface area contributed by atoms with Crippen LogP contribution >= 0.6 is 23.2 Å². The van der Waals surface area contributed by atoms with Crippen LogP contribution in [-0.4, -0.2) is 20.1 Å². The highest BCUT2D eigenvalue weighted by atomic mass is 35.5. The maximum absolute atomic E-state index is 11.6. The zero-order chi connectivity index (χ0) is 12.2. The van der Waals surface area contributed by atoms with Gasteiger partial charge in [-0.1, -0.05) is 28.9 Å². The van der Waals surface area contributed by atoms with Crippen molar-refractivity contribution in [3.05, 3.63) is 29.3 Å². The molecule has 0 spiro atoms. The van der Waals surface area contributed by atoms with E-state index < -0.39 is 10.1 Å². The van der Waals surface area contributed by atoms with Crippen molar-refractivity contribution in [1.29, 1.82) is 0 Å². The van der Waals surface area contributed by atoms with Crippen molar-refractivity contribution in [2.24, 2.45) is 10.9 Å². The lowest BCUT2D eigenvalue weighted by Crippen LogP contribution is -2.15. The molecule has 0 saturated heterocycles. The average Bonchev–Trinajstić information content (AvgIpc) is 2.26. The third-order valence-corrected chi connectivity index (χ3v) is 3.38. The second-order valence-corrected chi connectivity index (χ2v) is 4.85. The number of amidine groups is 1. The van der Waals surface area contributed by atoms with Crippen molar-refractivity contribution in [3.8, 4) is 0 Å². The number of rotatable bonds is 4. The van der Waals surface area contributed by atoms with Crippen LogP contribution in [0, 0.1) is 0 Å². The molecule has 0 aliphatic rings. The Bertz CT molecular complexity index is 502. The predicted octanol–water partition coefficient (Wildman–Crippen LogP) is 1.56. The maximum Gasteiger partial charge on any atom is 0.360 e. The van der Waals surface area contributed by atoms with Gasteiger partial charge in [-0.25, -0.2) is 0 Å². The van der Waals surface area contributed by atoms with Gasteiger partial charge in [-0.2, -0.15) is 8.42 Å². The second kappa shape index (κ2) is 5.38. The van der Waals surface area contributed by atoms with Gasteiger partial charge in [0, 0.05) is 0 Å². The summed E-state index contributed by atoms with van der Waals surface area (Å²) in [6, 6.07) is 5.82. The van der Waals surface area contributed by atoms with E-state index in [9.17, 15) is 8.42 Å². The summed E-state index contributed by atoms with van der Waals surface area (Å²) in [5.74, 6) is -0.268. The first kappa shape index (κ1) is 13.1. The Balaban J connectivity index is 3.00. The quantitative estimate of drug-likeness (QED) is 0.393. The van der Waals surface area contributed by atoms with Crippen LogP contribution in [0.1, 0.15) is 0 Å². The molecule has 88 valence electrons. The highest BCUT2D eigenvalue weighted by molar-refractivity contribution is 7.86. The van der Waals surface area contributed by atoms with Crippen molar-refractivity contribution >= 4 is 39.2 Å². The Morgan fingerprint density at radius 3 is 2.62 bits per heavy atom. The number of hydrogen-bond acceptors (Lipinski definition) is 4. The fraction of sp³-hybridized carbons (Fsp3) is 0.125. The number of oxime groups is 1. The molecule has 0 atom stereocenters. The van der Waals surface area contributed by atoms with E-state index in [0.29, 0.717) is 0 Å². The van der Waals surface area contributed by atoms with Gasteiger partial charge >= 0.3 is 10.1 Å². The number of nitrogens with zero attached hydrogens (tertiary/aromatic N) is 1. The van der Waals surface area contributed by atoms with Gasteiger partial charge in [-0.3, -0.25) is 4.28 Å². The number of benzene rings is 1. The van der Waals surface area contributed by atoms with Crippen molar-refractivity contribution in [3.63, 3.8) is 0 Å². The molecule has 1 aromatic rings. The third kappa shape index (κ3) is 3.26. The smallest absolute Gasteiger partial charge is 0.360 e. The van der Waals surface area contributed by atoms with E-state index in [0.717, 1.165) is 0 Å². The zero-order valence-electron chi connectivity index (χ0n) is 7.93. The van der Waals surface area contributed by atoms with E-state index in [-0.39, 0.29) is 21.6 Å². The van der Waals surface area contributed by atoms with Crippen molar-refractivity contribution < 1.29 is 12.7 Å². The van der Waals surface area contributed by atoms with Gasteiger partial charge in [0.2, 0.25) is 0 Å². The fourth-order valence-corrected chi connectivity index (χ4v) is 2.10. The molecule has 0 aromatic heterocycles. The van der Waals surface area contributed by atoms with Gasteiger partial charge in [-0.05, 0) is 12.1 Å². The van der Waals surface area contributed by atoms with E-state index in [2.05, 4.69) is 9.44 Å². The Hall–Kier alpha value is -0.980. The van der Waals surface area contributed by atoms with Gasteiger partial charge < -0.3 is 5.73 Å². The van der Waals surface area contributed by atoms with Crippen LogP contribution in [0.25, 0.3) is 0 Å². The first-order valence-corrected chi connectivity index (χ1v) is 6.36. The molecule has 0 amide bonds. The number of alkyl halides is 1. The first-order valence-electron chi connectivity index (χ1n) is 4.04. The minimum Gasteiger partial charge on any atom is -0.383 e. The summed E-state index contributed by atoms with van der Waals surface area (Å²) in [6.07, 6.45) is 0. The van der Waals surface area contributed by atoms with E-state index in [1.165, 1.54) is 18.2 Å². The largest absolute Gasteiger partial charge is 0.383 e. The van der Waals surface area contributed by atoms with Gasteiger partial charge in [0.15, 0.2) is 5.84 Å². The summed E-state index contributed by atoms with van der Waals surface area (Å²) in [4.78, 5) is -0.178. The molecule has 1 rings (SSSR count). The number of nitrogens with two attached hydrogens (primary N) is 1. The van der Waals surface area contributed by atoms with E-state index in [1.807, 2.05) is 0 Å². The molecule has 2 N–H and O–H groups in total. The Labute approximate surface area is 103 Å². The molecule has 8 heteroatoms. The van der Waals surface area contributed by atoms with Crippen molar-refractivity contribution in [1.82, 2.24) is 0 Å². The SMILES string of the molecule is N/C(CCl)=N\OS(=O)(=O)c1ccccc1Cl. The monoisotopic (exact) mass is 282 g/mol. The summed E-state index contributed by atoms with van der Waals surface area (Å²) < 4.78 is 27.4. The Morgan fingerprint density at radius 2 is 2.06 bits per heavy atom. The highest BCUT2D eigenvalue weighted by Gasteiger charge is 2.19. The lowest BCUT2D eigenvalue weighted by Gasteiger charge is -2.03. The summed E-state index contributed by atoms with van der Waals surface area (Å²) in [5.41, 5.74) is 5.19. The Kier molecular flexibility index (Phi) is 4.40. The van der Waals surface area contributed by atoms with Crippen LogP contribution in [0.15, 0.2) is 34.3 Å². The molecule has 0 fully saturated rings. The first-order chi connectivity index (χ1) is 7.47. The number of hydrogen-bond donors (Lipinski definition) is 1. The van der Waals surface area contributed by atoms with Crippen molar-refractivity contribution in [2.45, 2.75) is 4.90 Å². The minimum atomic E-state index is -4.05. The molecule has 0 saturated carbocycles. The van der Waals surface area contributed by atoms with Gasteiger partial charge in [0.1, 0.15) is 4.90 Å². The fourth-order valence-electron chi connectivity index (χ4n) is 0.809. The molecule has 0 bridgehead atoms. The molecular formula is C8H8Cl2N2O3S. The zero-order valence-corrected chi connectivity index (χ0v) is 10.3. The van der Waals surface area contributed by atoms with Crippen LogP contribution < -0.4 is 5.73 Å². The van der Waals surface area contributed by atoms with Gasteiger partial charge in [0.05, 0.1) is 10.9 Å². The van der Waals surface area contributed by atoms with E-state index in [1.54, 1.807) is 6.07 Å². The summed E-state index contributed by atoms with van der Waals surface area (Å²) in [5, 5.41) is 3.19. The molecule has 0 aliphatic carbocycles. The summed E-state index contributed by atoms with van der Waals surface area (Å²) in [7, 11) is -4.05. The minimum absolute atomic E-state index is 0.0437. The highest BCUT2D eigenvalue weighted by Crippen LogP contribution is 2.22. The van der Waals surface area contributed by atoms with Crippen LogP contribution in [0.4, 0.5) is 0 Å². The molecule has 1 aromatic carbocycles. The molecule has 0 aliphatic heterocycles. The third-order valence-electron chi connectivity index (χ3n) is 1.50. The molecule has 16 heavy (non-hydrogen) atoms.